The highest BCUT2D eigenvalue weighted by molar-refractivity contribution is 5.47. The molecule has 0 bridgehead atoms. The summed E-state index contributed by atoms with van der Waals surface area (Å²) in [6, 6.07) is 10.3. The van der Waals surface area contributed by atoms with E-state index in [9.17, 15) is 5.11 Å². The quantitative estimate of drug-likeness (QED) is 0.910. The van der Waals surface area contributed by atoms with E-state index < -0.39 is 6.10 Å². The summed E-state index contributed by atoms with van der Waals surface area (Å²) in [6.07, 6.45) is 1.98. The molecule has 1 aromatic heterocycles. The minimum absolute atomic E-state index is 0.345. The molecular weight excluding hydrogens is 250 g/mol. The highest BCUT2D eigenvalue weighted by Gasteiger charge is 2.12. The number of anilines is 1. The third-order valence-corrected chi connectivity index (χ3v) is 3.37. The predicted octanol–water partition coefficient (Wildman–Crippen LogP) is 2.81. The Morgan fingerprint density at radius 2 is 2.00 bits per heavy atom. The fraction of sp³-hybridized carbons (Fsp3) is 0.438. The van der Waals surface area contributed by atoms with E-state index in [2.05, 4.69) is 18.9 Å². The molecule has 0 saturated heterocycles. The van der Waals surface area contributed by atoms with Gasteiger partial charge in [0.1, 0.15) is 0 Å². The number of rotatable bonds is 5. The number of aliphatic hydroxyl groups excluding tert-OH is 1. The third kappa shape index (κ3) is 3.39. The lowest BCUT2D eigenvalue weighted by molar-refractivity contribution is 0.177. The summed E-state index contributed by atoms with van der Waals surface area (Å²) in [4.78, 5) is 2.03. The van der Waals surface area contributed by atoms with Crippen LogP contribution >= 0.6 is 0 Å². The Bertz CT molecular complexity index is 560. The van der Waals surface area contributed by atoms with Crippen molar-refractivity contribution in [3.63, 3.8) is 0 Å². The zero-order valence-corrected chi connectivity index (χ0v) is 12.6. The lowest BCUT2D eigenvalue weighted by Gasteiger charge is -2.16. The second-order valence-corrected chi connectivity index (χ2v) is 5.59. The Hall–Kier alpha value is -1.81. The minimum atomic E-state index is -0.523. The second-order valence-electron chi connectivity index (χ2n) is 5.59. The Morgan fingerprint density at radius 1 is 1.25 bits per heavy atom. The standard InChI is InChI=1S/C16H23N3O/c1-12(2)19-9-8-14(17-19)11-16(20)13-6-5-7-15(10-13)18(3)4/h5-10,12,16,20H,11H2,1-4H3. The third-order valence-electron chi connectivity index (χ3n) is 3.37. The zero-order valence-electron chi connectivity index (χ0n) is 12.6. The molecule has 0 aliphatic heterocycles. The highest BCUT2D eigenvalue weighted by Crippen LogP contribution is 2.22. The first-order valence-corrected chi connectivity index (χ1v) is 6.96. The lowest BCUT2D eigenvalue weighted by atomic mass is 10.0. The molecule has 0 fully saturated rings. The number of hydrogen-bond donors (Lipinski definition) is 1. The van der Waals surface area contributed by atoms with Gasteiger partial charge in [0.2, 0.25) is 0 Å². The molecule has 1 N–H and O–H groups in total. The van der Waals surface area contributed by atoms with Gasteiger partial charge in [0.05, 0.1) is 11.8 Å². The predicted molar refractivity (Wildman–Crippen MR) is 82.0 cm³/mol. The van der Waals surface area contributed by atoms with E-state index in [0.717, 1.165) is 16.9 Å². The van der Waals surface area contributed by atoms with Gasteiger partial charge in [-0.15, -0.1) is 0 Å². The molecule has 0 aliphatic carbocycles. The van der Waals surface area contributed by atoms with Gasteiger partial charge in [-0.25, -0.2) is 0 Å². The Morgan fingerprint density at radius 3 is 2.60 bits per heavy atom. The Kier molecular flexibility index (Phi) is 4.45. The van der Waals surface area contributed by atoms with Crippen LogP contribution in [0.1, 0.15) is 37.3 Å². The Balaban J connectivity index is 2.10. The van der Waals surface area contributed by atoms with E-state index in [1.165, 1.54) is 0 Å². The van der Waals surface area contributed by atoms with Crippen LogP contribution in [-0.4, -0.2) is 29.0 Å². The topological polar surface area (TPSA) is 41.3 Å². The van der Waals surface area contributed by atoms with Gasteiger partial charge in [0, 0.05) is 38.4 Å². The smallest absolute Gasteiger partial charge is 0.0846 e. The van der Waals surface area contributed by atoms with Gasteiger partial charge < -0.3 is 10.0 Å². The largest absolute Gasteiger partial charge is 0.388 e. The van der Waals surface area contributed by atoms with E-state index in [-0.39, 0.29) is 0 Å². The van der Waals surface area contributed by atoms with Crippen LogP contribution in [0, 0.1) is 0 Å². The number of nitrogens with zero attached hydrogens (tertiary/aromatic N) is 3. The molecule has 4 nitrogen and oxygen atoms in total. The summed E-state index contributed by atoms with van der Waals surface area (Å²) in [5.41, 5.74) is 2.94. The van der Waals surface area contributed by atoms with Gasteiger partial charge in [0.15, 0.2) is 0 Å². The van der Waals surface area contributed by atoms with Gasteiger partial charge in [-0.1, -0.05) is 12.1 Å². The normalized spacial score (nSPS) is 12.7. The number of hydrogen-bond acceptors (Lipinski definition) is 3. The van der Waals surface area contributed by atoms with E-state index in [0.29, 0.717) is 12.5 Å². The number of aliphatic hydroxyl groups is 1. The van der Waals surface area contributed by atoms with Crippen molar-refractivity contribution in [3.05, 3.63) is 47.8 Å². The van der Waals surface area contributed by atoms with Gasteiger partial charge in [-0.3, -0.25) is 4.68 Å². The van der Waals surface area contributed by atoms with E-state index in [1.54, 1.807) is 0 Å². The van der Waals surface area contributed by atoms with Crippen molar-refractivity contribution in [3.8, 4) is 0 Å². The molecule has 0 amide bonds. The first-order valence-electron chi connectivity index (χ1n) is 6.96. The van der Waals surface area contributed by atoms with Gasteiger partial charge in [-0.2, -0.15) is 5.10 Å². The summed E-state index contributed by atoms with van der Waals surface area (Å²) < 4.78 is 1.91. The first-order chi connectivity index (χ1) is 9.47. The molecule has 108 valence electrons. The maximum atomic E-state index is 10.4. The van der Waals surface area contributed by atoms with Crippen LogP contribution in [0.2, 0.25) is 0 Å². The van der Waals surface area contributed by atoms with Crippen LogP contribution in [0.5, 0.6) is 0 Å². The molecule has 0 radical (unpaired) electrons. The van der Waals surface area contributed by atoms with Crippen LogP contribution in [0.15, 0.2) is 36.5 Å². The molecule has 4 heteroatoms. The van der Waals surface area contributed by atoms with Crippen molar-refractivity contribution in [2.75, 3.05) is 19.0 Å². The molecular formula is C16H23N3O. The summed E-state index contributed by atoms with van der Waals surface area (Å²) in [5, 5.41) is 14.8. The van der Waals surface area contributed by atoms with Crippen molar-refractivity contribution in [1.82, 2.24) is 9.78 Å². The van der Waals surface area contributed by atoms with Gasteiger partial charge >= 0.3 is 0 Å². The molecule has 0 spiro atoms. The molecule has 0 aliphatic rings. The van der Waals surface area contributed by atoms with Crippen LogP contribution in [0.25, 0.3) is 0 Å². The average molecular weight is 273 g/mol. The molecule has 2 aromatic rings. The van der Waals surface area contributed by atoms with E-state index in [4.69, 9.17) is 0 Å². The van der Waals surface area contributed by atoms with E-state index in [1.807, 2.05) is 60.2 Å². The maximum absolute atomic E-state index is 10.4. The van der Waals surface area contributed by atoms with Crippen molar-refractivity contribution in [1.29, 1.82) is 0 Å². The molecule has 0 saturated carbocycles. The van der Waals surface area contributed by atoms with Crippen molar-refractivity contribution >= 4 is 5.69 Å². The van der Waals surface area contributed by atoms with Gasteiger partial charge in [0.25, 0.3) is 0 Å². The maximum Gasteiger partial charge on any atom is 0.0846 e. The monoisotopic (exact) mass is 273 g/mol. The summed E-state index contributed by atoms with van der Waals surface area (Å²) in [6.45, 7) is 4.18. The zero-order chi connectivity index (χ0) is 14.7. The summed E-state index contributed by atoms with van der Waals surface area (Å²) >= 11 is 0. The van der Waals surface area contributed by atoms with Crippen LogP contribution in [-0.2, 0) is 6.42 Å². The fourth-order valence-corrected chi connectivity index (χ4v) is 2.10. The van der Waals surface area contributed by atoms with Crippen LogP contribution in [0.4, 0.5) is 5.69 Å². The van der Waals surface area contributed by atoms with Crippen molar-refractivity contribution in [2.24, 2.45) is 0 Å². The van der Waals surface area contributed by atoms with Crippen molar-refractivity contribution in [2.45, 2.75) is 32.4 Å². The van der Waals surface area contributed by atoms with Gasteiger partial charge in [-0.05, 0) is 37.6 Å². The van der Waals surface area contributed by atoms with Crippen LogP contribution in [0.3, 0.4) is 0 Å². The first kappa shape index (κ1) is 14.6. The molecule has 1 atom stereocenters. The average Bonchev–Trinajstić information content (AvgIpc) is 2.87. The highest BCUT2D eigenvalue weighted by atomic mass is 16.3. The fourth-order valence-electron chi connectivity index (χ4n) is 2.10. The molecule has 1 heterocycles. The summed E-state index contributed by atoms with van der Waals surface area (Å²) in [5.74, 6) is 0. The molecule has 1 aromatic carbocycles. The molecule has 20 heavy (non-hydrogen) atoms. The number of aromatic nitrogens is 2. The molecule has 1 unspecified atom stereocenters. The van der Waals surface area contributed by atoms with Crippen molar-refractivity contribution < 1.29 is 5.11 Å². The van der Waals surface area contributed by atoms with E-state index >= 15 is 0 Å². The lowest BCUT2D eigenvalue weighted by Crippen LogP contribution is -2.10. The Labute approximate surface area is 120 Å². The SMILES string of the molecule is CC(C)n1ccc(CC(O)c2cccc(N(C)C)c2)n1. The second kappa shape index (κ2) is 6.09. The van der Waals surface area contributed by atoms with Crippen LogP contribution < -0.4 is 4.90 Å². The minimum Gasteiger partial charge on any atom is -0.388 e. The summed E-state index contributed by atoms with van der Waals surface area (Å²) in [7, 11) is 3.99. The molecule has 2 rings (SSSR count). The number of benzene rings is 1.